The molecule has 112 valence electrons. The van der Waals surface area contributed by atoms with Gasteiger partial charge in [0.2, 0.25) is 0 Å². The second kappa shape index (κ2) is 5.78. The Kier molecular flexibility index (Phi) is 4.24. The molecule has 0 radical (unpaired) electrons. The lowest BCUT2D eigenvalue weighted by molar-refractivity contribution is 0.0725. The highest BCUT2D eigenvalue weighted by Gasteiger charge is 2.35. The van der Waals surface area contributed by atoms with E-state index in [1.54, 1.807) is 12.1 Å². The van der Waals surface area contributed by atoms with Crippen molar-refractivity contribution in [3.8, 4) is 12.3 Å². The van der Waals surface area contributed by atoms with Gasteiger partial charge < -0.3 is 10.6 Å². The van der Waals surface area contributed by atoms with E-state index in [0.717, 1.165) is 5.56 Å². The summed E-state index contributed by atoms with van der Waals surface area (Å²) < 4.78 is 23.2. The van der Waals surface area contributed by atoms with Gasteiger partial charge in [0.25, 0.3) is 5.91 Å². The van der Waals surface area contributed by atoms with Crippen molar-refractivity contribution in [2.45, 2.75) is 19.4 Å². The molecule has 21 heavy (non-hydrogen) atoms. The molecule has 1 aliphatic rings. The van der Waals surface area contributed by atoms with Crippen LogP contribution in [0.4, 0.5) is 5.69 Å². The van der Waals surface area contributed by atoms with Gasteiger partial charge in [0, 0.05) is 11.7 Å². The fraction of sp³-hybridized carbons (Fsp3) is 0.400. The van der Waals surface area contributed by atoms with Gasteiger partial charge in [0.1, 0.15) is 0 Å². The minimum atomic E-state index is -3.09. The topological polar surface area (TPSA) is 80.5 Å². The predicted molar refractivity (Wildman–Crippen MR) is 82.5 cm³/mol. The van der Waals surface area contributed by atoms with Crippen LogP contribution in [0.15, 0.2) is 18.2 Å². The van der Waals surface area contributed by atoms with Crippen molar-refractivity contribution in [2.75, 3.05) is 23.8 Å². The summed E-state index contributed by atoms with van der Waals surface area (Å²) in [5.74, 6) is 2.17. The van der Waals surface area contributed by atoms with Gasteiger partial charge >= 0.3 is 0 Å². The summed E-state index contributed by atoms with van der Waals surface area (Å²) >= 11 is 0. The maximum Gasteiger partial charge on any atom is 0.257 e. The summed E-state index contributed by atoms with van der Waals surface area (Å²) in [6.45, 7) is 1.89. The average Bonchev–Trinajstić information content (AvgIpc) is 2.78. The molecule has 1 heterocycles. The van der Waals surface area contributed by atoms with Crippen LogP contribution < -0.4 is 5.73 Å². The molecule has 5 nitrogen and oxygen atoms in total. The van der Waals surface area contributed by atoms with Crippen LogP contribution in [-0.4, -0.2) is 43.3 Å². The molecule has 2 rings (SSSR count). The lowest BCUT2D eigenvalue weighted by Gasteiger charge is -2.27. The molecule has 1 aromatic rings. The summed E-state index contributed by atoms with van der Waals surface area (Å²) in [5, 5.41) is 0. The molecule has 1 unspecified atom stereocenters. The van der Waals surface area contributed by atoms with E-state index in [0.29, 0.717) is 17.7 Å². The van der Waals surface area contributed by atoms with Gasteiger partial charge in [-0.25, -0.2) is 8.42 Å². The molecular weight excluding hydrogens is 288 g/mol. The number of benzene rings is 1. The molecular formula is C15H18N2O3S. The summed E-state index contributed by atoms with van der Waals surface area (Å²) in [5.41, 5.74) is 7.54. The number of rotatable bonds is 3. The number of nitrogens with two attached hydrogens (primary N) is 1. The quantitative estimate of drug-likeness (QED) is 0.663. The molecule has 6 heteroatoms. The number of hydrogen-bond donors (Lipinski definition) is 1. The van der Waals surface area contributed by atoms with Crippen LogP contribution in [0.5, 0.6) is 0 Å². The number of carbonyl (C=O) groups is 1. The Morgan fingerprint density at radius 2 is 2.24 bits per heavy atom. The van der Waals surface area contributed by atoms with Crippen LogP contribution in [0.2, 0.25) is 0 Å². The number of aryl methyl sites for hydroxylation is 1. The second-order valence-electron chi connectivity index (χ2n) is 5.23. The number of terminal acetylenes is 1. The average molecular weight is 306 g/mol. The monoisotopic (exact) mass is 306 g/mol. The van der Waals surface area contributed by atoms with Gasteiger partial charge in [-0.3, -0.25) is 4.79 Å². The van der Waals surface area contributed by atoms with E-state index in [1.807, 2.05) is 13.0 Å². The predicted octanol–water partition coefficient (Wildman–Crippen LogP) is 0.840. The first kappa shape index (κ1) is 15.4. The lowest BCUT2D eigenvalue weighted by atomic mass is 10.1. The largest absolute Gasteiger partial charge is 0.398 e. The van der Waals surface area contributed by atoms with Crippen molar-refractivity contribution in [3.05, 3.63) is 29.3 Å². The Morgan fingerprint density at radius 1 is 1.52 bits per heavy atom. The number of nitrogens with zero attached hydrogens (tertiary/aromatic N) is 1. The first-order valence-corrected chi connectivity index (χ1v) is 8.48. The van der Waals surface area contributed by atoms with E-state index < -0.39 is 9.84 Å². The Labute approximate surface area is 125 Å². The number of sulfone groups is 1. The summed E-state index contributed by atoms with van der Waals surface area (Å²) in [6, 6.07) is 4.83. The van der Waals surface area contributed by atoms with Crippen molar-refractivity contribution >= 4 is 21.4 Å². The lowest BCUT2D eigenvalue weighted by Crippen LogP contribution is -2.41. The molecule has 0 aromatic heterocycles. The van der Waals surface area contributed by atoms with E-state index in [2.05, 4.69) is 5.92 Å². The number of amides is 1. The van der Waals surface area contributed by atoms with E-state index in [4.69, 9.17) is 12.2 Å². The third-order valence-corrected chi connectivity index (χ3v) is 5.48. The maximum atomic E-state index is 12.7. The van der Waals surface area contributed by atoms with Crippen molar-refractivity contribution in [1.82, 2.24) is 4.90 Å². The Morgan fingerprint density at radius 3 is 2.81 bits per heavy atom. The third kappa shape index (κ3) is 3.19. The molecule has 1 aromatic carbocycles. The standard InChI is InChI=1S/C15H18N2O3S/c1-3-8-17(12-7-9-21(19,20)10-12)15(18)13-6-4-5-11(2)14(13)16/h1,4-6,12H,7-10,16H2,2H3. The molecule has 1 amide bonds. The van der Waals surface area contributed by atoms with Crippen LogP contribution in [0.1, 0.15) is 22.3 Å². The molecule has 1 aliphatic heterocycles. The Hall–Kier alpha value is -2.00. The van der Waals surface area contributed by atoms with Gasteiger partial charge in [-0.05, 0) is 25.0 Å². The number of para-hydroxylation sites is 1. The third-order valence-electron chi connectivity index (χ3n) is 3.73. The zero-order valence-electron chi connectivity index (χ0n) is 11.9. The fourth-order valence-corrected chi connectivity index (χ4v) is 4.24. The fourth-order valence-electron chi connectivity index (χ4n) is 2.51. The highest BCUT2D eigenvalue weighted by atomic mass is 32.2. The first-order valence-electron chi connectivity index (χ1n) is 6.65. The van der Waals surface area contributed by atoms with E-state index >= 15 is 0 Å². The van der Waals surface area contributed by atoms with Crippen LogP contribution >= 0.6 is 0 Å². The first-order chi connectivity index (χ1) is 9.85. The Balaban J connectivity index is 2.33. The molecule has 1 saturated heterocycles. The van der Waals surface area contributed by atoms with Gasteiger partial charge in [-0.1, -0.05) is 18.1 Å². The molecule has 0 spiro atoms. The number of carbonyl (C=O) groups excluding carboxylic acids is 1. The SMILES string of the molecule is C#CCN(C(=O)c1cccc(C)c1N)C1CCS(=O)(=O)C1. The van der Waals surface area contributed by atoms with Crippen molar-refractivity contribution in [3.63, 3.8) is 0 Å². The normalized spacial score (nSPS) is 19.9. The summed E-state index contributed by atoms with van der Waals surface area (Å²) in [6.07, 6.45) is 5.74. The molecule has 0 aliphatic carbocycles. The summed E-state index contributed by atoms with van der Waals surface area (Å²) in [4.78, 5) is 14.1. The number of hydrogen-bond acceptors (Lipinski definition) is 4. The number of nitrogen functional groups attached to an aromatic ring is 1. The van der Waals surface area contributed by atoms with E-state index in [-0.39, 0.29) is 30.0 Å². The van der Waals surface area contributed by atoms with Gasteiger partial charge in [0.05, 0.1) is 23.6 Å². The maximum absolute atomic E-state index is 12.7. The van der Waals surface area contributed by atoms with Crippen LogP contribution in [0, 0.1) is 19.3 Å². The zero-order chi connectivity index (χ0) is 15.6. The second-order valence-corrected chi connectivity index (χ2v) is 7.46. The van der Waals surface area contributed by atoms with Gasteiger partial charge in [-0.15, -0.1) is 6.42 Å². The van der Waals surface area contributed by atoms with Crippen molar-refractivity contribution < 1.29 is 13.2 Å². The minimum Gasteiger partial charge on any atom is -0.398 e. The van der Waals surface area contributed by atoms with Crippen molar-refractivity contribution in [2.24, 2.45) is 0 Å². The smallest absolute Gasteiger partial charge is 0.257 e. The van der Waals surface area contributed by atoms with Crippen LogP contribution in [-0.2, 0) is 9.84 Å². The van der Waals surface area contributed by atoms with Gasteiger partial charge in [-0.2, -0.15) is 0 Å². The summed E-state index contributed by atoms with van der Waals surface area (Å²) in [7, 11) is -3.09. The van der Waals surface area contributed by atoms with E-state index in [1.165, 1.54) is 4.90 Å². The van der Waals surface area contributed by atoms with Gasteiger partial charge in [0.15, 0.2) is 9.84 Å². The molecule has 0 saturated carbocycles. The van der Waals surface area contributed by atoms with Crippen LogP contribution in [0.3, 0.4) is 0 Å². The van der Waals surface area contributed by atoms with E-state index in [9.17, 15) is 13.2 Å². The zero-order valence-corrected chi connectivity index (χ0v) is 12.7. The highest BCUT2D eigenvalue weighted by molar-refractivity contribution is 7.91. The molecule has 0 bridgehead atoms. The molecule has 2 N–H and O–H groups in total. The Bertz CT molecular complexity index is 704. The minimum absolute atomic E-state index is 0.0356. The highest BCUT2D eigenvalue weighted by Crippen LogP contribution is 2.23. The van der Waals surface area contributed by atoms with Crippen LogP contribution in [0.25, 0.3) is 0 Å². The number of anilines is 1. The van der Waals surface area contributed by atoms with Crippen molar-refractivity contribution in [1.29, 1.82) is 0 Å². The molecule has 1 atom stereocenters. The molecule has 1 fully saturated rings.